The Bertz CT molecular complexity index is 604. The van der Waals surface area contributed by atoms with Gasteiger partial charge in [-0.15, -0.1) is 0 Å². The molecule has 0 spiro atoms. The van der Waals surface area contributed by atoms with E-state index in [1.807, 2.05) is 27.7 Å². The van der Waals surface area contributed by atoms with E-state index in [-0.39, 0.29) is 34.2 Å². The fraction of sp³-hybridized carbons (Fsp3) is 0.933. The van der Waals surface area contributed by atoms with Crippen molar-refractivity contribution in [2.75, 3.05) is 0 Å². The molecular formula is C30H58O3S. The van der Waals surface area contributed by atoms with Gasteiger partial charge in [0.2, 0.25) is 0 Å². The molecule has 0 bridgehead atoms. The highest BCUT2D eigenvalue weighted by atomic mass is 32.1. The normalized spacial score (nSPS) is 42.1. The molecule has 4 heteroatoms. The molecule has 4 aliphatic rings. The number of hydrogen-bond acceptors (Lipinski definition) is 4. The second-order valence-electron chi connectivity index (χ2n) is 11.2. The molecule has 4 aliphatic carbocycles. The van der Waals surface area contributed by atoms with E-state index >= 15 is 0 Å². The van der Waals surface area contributed by atoms with Crippen molar-refractivity contribution in [2.45, 2.75) is 149 Å². The smallest absolute Gasteiger partial charge is 0.0599 e. The lowest BCUT2D eigenvalue weighted by atomic mass is 9.45. The SMILES string of the molecule is CC.CC.CC12CCCCC1C(O)CC1(S)C3CCC(O)C3C(O)CC21.CCCCC=C(C)C. The van der Waals surface area contributed by atoms with E-state index in [1.165, 1.54) is 37.7 Å². The largest absolute Gasteiger partial charge is 0.393 e. The Labute approximate surface area is 217 Å². The maximum absolute atomic E-state index is 10.9. The van der Waals surface area contributed by atoms with E-state index in [1.54, 1.807) is 0 Å². The predicted octanol–water partition coefficient (Wildman–Crippen LogP) is 7.58. The molecule has 0 radical (unpaired) electrons. The Balaban J connectivity index is 0.000000411. The van der Waals surface area contributed by atoms with Gasteiger partial charge in [-0.05, 0) is 82.0 Å². The average Bonchev–Trinajstić information content (AvgIpc) is 3.22. The van der Waals surface area contributed by atoms with Crippen molar-refractivity contribution in [1.29, 1.82) is 0 Å². The van der Waals surface area contributed by atoms with Crippen molar-refractivity contribution in [2.24, 2.45) is 29.1 Å². The summed E-state index contributed by atoms with van der Waals surface area (Å²) in [6.45, 7) is 16.9. The molecule has 4 rings (SSSR count). The second kappa shape index (κ2) is 14.6. The lowest BCUT2D eigenvalue weighted by molar-refractivity contribution is -0.156. The second-order valence-corrected chi connectivity index (χ2v) is 12.1. The van der Waals surface area contributed by atoms with Crippen LogP contribution in [-0.4, -0.2) is 38.4 Å². The Morgan fingerprint density at radius 3 is 2.15 bits per heavy atom. The van der Waals surface area contributed by atoms with E-state index in [0.717, 1.165) is 38.5 Å². The summed E-state index contributed by atoms with van der Waals surface area (Å²) in [6.07, 6.45) is 13.1. The maximum Gasteiger partial charge on any atom is 0.0599 e. The average molecular weight is 499 g/mol. The minimum absolute atomic E-state index is 0.0373. The van der Waals surface area contributed by atoms with Crippen LogP contribution in [-0.2, 0) is 0 Å². The Hall–Kier alpha value is -0.0300. The van der Waals surface area contributed by atoms with Gasteiger partial charge in [-0.2, -0.15) is 12.6 Å². The van der Waals surface area contributed by atoms with Gasteiger partial charge in [-0.25, -0.2) is 0 Å². The van der Waals surface area contributed by atoms with Crippen LogP contribution < -0.4 is 0 Å². The summed E-state index contributed by atoms with van der Waals surface area (Å²) in [7, 11) is 0. The number of aliphatic hydroxyl groups excluding tert-OH is 3. The molecule has 0 amide bonds. The summed E-state index contributed by atoms with van der Waals surface area (Å²) in [5, 5.41) is 31.9. The molecule has 0 heterocycles. The molecule has 0 aromatic carbocycles. The quantitative estimate of drug-likeness (QED) is 0.184. The van der Waals surface area contributed by atoms with Crippen LogP contribution in [0.5, 0.6) is 0 Å². The summed E-state index contributed by atoms with van der Waals surface area (Å²) in [5.74, 6) is 0.929. The third-order valence-corrected chi connectivity index (χ3v) is 9.91. The third kappa shape index (κ3) is 6.84. The first-order chi connectivity index (χ1) is 16.1. The zero-order valence-electron chi connectivity index (χ0n) is 23.7. The molecular weight excluding hydrogens is 440 g/mol. The van der Waals surface area contributed by atoms with E-state index in [9.17, 15) is 15.3 Å². The van der Waals surface area contributed by atoms with Gasteiger partial charge in [0.05, 0.1) is 18.3 Å². The minimum atomic E-state index is -0.401. The number of thiol groups is 1. The molecule has 9 atom stereocenters. The van der Waals surface area contributed by atoms with Gasteiger partial charge in [0.1, 0.15) is 0 Å². The number of unbranched alkanes of at least 4 members (excludes halogenated alkanes) is 2. The summed E-state index contributed by atoms with van der Waals surface area (Å²) in [6, 6.07) is 0. The molecule has 3 nitrogen and oxygen atoms in total. The van der Waals surface area contributed by atoms with Crippen molar-refractivity contribution < 1.29 is 15.3 Å². The molecule has 3 N–H and O–H groups in total. The number of rotatable bonds is 3. The fourth-order valence-electron chi connectivity index (χ4n) is 7.63. The minimum Gasteiger partial charge on any atom is -0.393 e. The molecule has 202 valence electrons. The van der Waals surface area contributed by atoms with Crippen molar-refractivity contribution in [1.82, 2.24) is 0 Å². The van der Waals surface area contributed by atoms with Crippen LogP contribution in [0.2, 0.25) is 0 Å². The summed E-state index contributed by atoms with van der Waals surface area (Å²) < 4.78 is -0.219. The predicted molar refractivity (Wildman–Crippen MR) is 150 cm³/mol. The molecule has 34 heavy (non-hydrogen) atoms. The fourth-order valence-corrected chi connectivity index (χ4v) is 8.52. The van der Waals surface area contributed by atoms with Crippen molar-refractivity contribution in [3.05, 3.63) is 11.6 Å². The Morgan fingerprint density at radius 1 is 0.912 bits per heavy atom. The van der Waals surface area contributed by atoms with Gasteiger partial charge in [-0.3, -0.25) is 0 Å². The summed E-state index contributed by atoms with van der Waals surface area (Å²) in [5.41, 5.74) is 1.54. The van der Waals surface area contributed by atoms with Gasteiger partial charge in [0.25, 0.3) is 0 Å². The van der Waals surface area contributed by atoms with Gasteiger partial charge >= 0.3 is 0 Å². The molecule has 0 saturated heterocycles. The zero-order valence-corrected chi connectivity index (χ0v) is 24.6. The topological polar surface area (TPSA) is 60.7 Å². The number of hydrogen-bond donors (Lipinski definition) is 4. The van der Waals surface area contributed by atoms with Crippen molar-refractivity contribution in [3.8, 4) is 0 Å². The Morgan fingerprint density at radius 2 is 1.56 bits per heavy atom. The number of aliphatic hydroxyl groups is 3. The highest BCUT2D eigenvalue weighted by Crippen LogP contribution is 2.66. The lowest BCUT2D eigenvalue weighted by Gasteiger charge is -2.64. The monoisotopic (exact) mass is 498 g/mol. The summed E-state index contributed by atoms with van der Waals surface area (Å²) >= 11 is 5.18. The molecule has 4 saturated carbocycles. The number of fused-ring (bicyclic) bond motifs is 5. The molecule has 0 aromatic heterocycles. The van der Waals surface area contributed by atoms with Crippen LogP contribution in [0.4, 0.5) is 0 Å². The third-order valence-electron chi connectivity index (χ3n) is 9.08. The lowest BCUT2D eigenvalue weighted by Crippen LogP contribution is -2.65. The first-order valence-corrected chi connectivity index (χ1v) is 15.0. The van der Waals surface area contributed by atoms with Crippen LogP contribution >= 0.6 is 12.6 Å². The highest BCUT2D eigenvalue weighted by molar-refractivity contribution is 7.81. The standard InChI is InChI=1S/C18H30O3S.C8H16.2C2H6/c1-17-7-3-2-4-10(17)14(21)9-18(22)11-5-6-12(19)16(11)13(20)8-15(17)18;1-4-5-6-7-8(2)3;2*1-2/h10-16,19-22H,2-9H2,1H3;7H,4-6H2,1-3H3;2*1-2H3. The van der Waals surface area contributed by atoms with Gasteiger partial charge < -0.3 is 15.3 Å². The van der Waals surface area contributed by atoms with Crippen LogP contribution in [0.15, 0.2) is 11.6 Å². The van der Waals surface area contributed by atoms with Crippen molar-refractivity contribution >= 4 is 12.6 Å². The molecule has 0 aliphatic heterocycles. The number of allylic oxidation sites excluding steroid dienone is 2. The van der Waals surface area contributed by atoms with E-state index < -0.39 is 6.10 Å². The van der Waals surface area contributed by atoms with E-state index in [0.29, 0.717) is 11.8 Å². The van der Waals surface area contributed by atoms with E-state index in [2.05, 4.69) is 33.8 Å². The first kappa shape index (κ1) is 32.0. The van der Waals surface area contributed by atoms with Gasteiger partial charge in [0.15, 0.2) is 0 Å². The first-order valence-electron chi connectivity index (χ1n) is 14.5. The molecule has 4 fully saturated rings. The van der Waals surface area contributed by atoms with Crippen LogP contribution in [0, 0.1) is 29.1 Å². The zero-order chi connectivity index (χ0) is 26.1. The van der Waals surface area contributed by atoms with E-state index in [4.69, 9.17) is 12.6 Å². The molecule has 9 unspecified atom stereocenters. The highest BCUT2D eigenvalue weighted by Gasteiger charge is 2.65. The van der Waals surface area contributed by atoms with Crippen LogP contribution in [0.25, 0.3) is 0 Å². The van der Waals surface area contributed by atoms with Gasteiger partial charge in [0, 0.05) is 10.7 Å². The van der Waals surface area contributed by atoms with Crippen LogP contribution in [0.1, 0.15) is 126 Å². The summed E-state index contributed by atoms with van der Waals surface area (Å²) in [4.78, 5) is 0. The maximum atomic E-state index is 10.9. The van der Waals surface area contributed by atoms with Crippen molar-refractivity contribution in [3.63, 3.8) is 0 Å². The van der Waals surface area contributed by atoms with Gasteiger partial charge in [-0.1, -0.05) is 78.9 Å². The molecule has 0 aromatic rings. The van der Waals surface area contributed by atoms with Crippen LogP contribution in [0.3, 0.4) is 0 Å². The Kier molecular flexibility index (Phi) is 13.8.